The normalized spacial score (nSPS) is 11.6. The Kier molecular flexibility index (Phi) is 3.16. The summed E-state index contributed by atoms with van der Waals surface area (Å²) in [6, 6.07) is 9.11. The molecule has 96 valence electrons. The van der Waals surface area contributed by atoms with E-state index in [1.807, 2.05) is 6.92 Å². The van der Waals surface area contributed by atoms with Crippen molar-refractivity contribution in [2.24, 2.45) is 0 Å². The third-order valence-electron chi connectivity index (χ3n) is 3.08. The molecule has 0 spiro atoms. The maximum Gasteiger partial charge on any atom is 0.294 e. The molecule has 0 saturated heterocycles. The number of benzene rings is 1. The zero-order valence-corrected chi connectivity index (χ0v) is 11.7. The Labute approximate surface area is 108 Å². The number of aromatic nitrogens is 2. The minimum atomic E-state index is 0.177. The zero-order chi connectivity index (χ0) is 13.3. The summed E-state index contributed by atoms with van der Waals surface area (Å²) in [6.07, 6.45) is 0. The van der Waals surface area contributed by atoms with E-state index < -0.39 is 0 Å². The molecule has 3 nitrogen and oxygen atoms in total. The molecule has 1 heterocycles. The Morgan fingerprint density at radius 1 is 1.11 bits per heavy atom. The maximum atomic E-state index is 5.11. The maximum absolute atomic E-state index is 5.11. The number of imidazole rings is 1. The number of nitrogens with one attached hydrogen (secondary N) is 1. The van der Waals surface area contributed by atoms with Crippen molar-refractivity contribution in [1.82, 2.24) is 9.97 Å². The van der Waals surface area contributed by atoms with Gasteiger partial charge in [-0.15, -0.1) is 0 Å². The molecule has 1 N–H and O–H groups in total. The van der Waals surface area contributed by atoms with E-state index in [-0.39, 0.29) is 5.41 Å². The minimum Gasteiger partial charge on any atom is -0.468 e. The summed E-state index contributed by atoms with van der Waals surface area (Å²) in [7, 11) is 1.62. The summed E-state index contributed by atoms with van der Waals surface area (Å²) < 4.78 is 5.11. The summed E-state index contributed by atoms with van der Waals surface area (Å²) >= 11 is 0. The van der Waals surface area contributed by atoms with Gasteiger partial charge < -0.3 is 9.72 Å². The van der Waals surface area contributed by atoms with Crippen LogP contribution in [0.2, 0.25) is 0 Å². The standard InChI is InChI=1S/C15H20N2O/c1-10-13(17-14(16-10)18-5)11-6-8-12(9-7-11)15(2,3)4/h6-9H,1-5H3,(H,16,17). The molecule has 0 aliphatic carbocycles. The molecule has 2 aromatic rings. The molecule has 0 amide bonds. The smallest absolute Gasteiger partial charge is 0.294 e. The van der Waals surface area contributed by atoms with E-state index in [1.54, 1.807) is 7.11 Å². The molecular weight excluding hydrogens is 224 g/mol. The number of nitrogens with zero attached hydrogens (tertiary/aromatic N) is 1. The number of methoxy groups -OCH3 is 1. The van der Waals surface area contributed by atoms with Crippen molar-refractivity contribution in [3.8, 4) is 17.3 Å². The molecule has 0 aliphatic heterocycles. The number of H-pyrrole nitrogens is 1. The summed E-state index contributed by atoms with van der Waals surface area (Å²) in [5, 5.41) is 0. The lowest BCUT2D eigenvalue weighted by Gasteiger charge is -2.18. The van der Waals surface area contributed by atoms with E-state index >= 15 is 0 Å². The fraction of sp³-hybridized carbons (Fsp3) is 0.400. The van der Waals surface area contributed by atoms with E-state index in [2.05, 4.69) is 55.0 Å². The van der Waals surface area contributed by atoms with Gasteiger partial charge in [-0.05, 0) is 17.9 Å². The second-order valence-electron chi connectivity index (χ2n) is 5.55. The van der Waals surface area contributed by atoms with Gasteiger partial charge in [-0.1, -0.05) is 45.0 Å². The van der Waals surface area contributed by atoms with Gasteiger partial charge in [0.2, 0.25) is 0 Å². The number of aromatic amines is 1. The first-order chi connectivity index (χ1) is 8.41. The monoisotopic (exact) mass is 244 g/mol. The predicted molar refractivity (Wildman–Crippen MR) is 74.0 cm³/mol. The van der Waals surface area contributed by atoms with E-state index in [4.69, 9.17) is 4.74 Å². The van der Waals surface area contributed by atoms with Crippen LogP contribution in [0.4, 0.5) is 0 Å². The first-order valence-electron chi connectivity index (χ1n) is 6.13. The number of hydrogen-bond acceptors (Lipinski definition) is 2. The molecule has 2 rings (SSSR count). The van der Waals surface area contributed by atoms with Crippen LogP contribution in [0.15, 0.2) is 24.3 Å². The van der Waals surface area contributed by atoms with Gasteiger partial charge in [0.25, 0.3) is 6.01 Å². The number of hydrogen-bond donors (Lipinski definition) is 1. The second kappa shape index (κ2) is 4.48. The molecule has 18 heavy (non-hydrogen) atoms. The first-order valence-corrected chi connectivity index (χ1v) is 6.13. The molecule has 0 aliphatic rings. The van der Waals surface area contributed by atoms with Crippen molar-refractivity contribution >= 4 is 0 Å². The lowest BCUT2D eigenvalue weighted by molar-refractivity contribution is 0.384. The van der Waals surface area contributed by atoms with Crippen LogP contribution in [0.5, 0.6) is 6.01 Å². The molecule has 1 aromatic carbocycles. The summed E-state index contributed by atoms with van der Waals surface area (Å²) in [6.45, 7) is 8.64. The fourth-order valence-electron chi connectivity index (χ4n) is 1.94. The van der Waals surface area contributed by atoms with E-state index in [0.717, 1.165) is 17.0 Å². The van der Waals surface area contributed by atoms with Gasteiger partial charge in [0.1, 0.15) is 0 Å². The zero-order valence-electron chi connectivity index (χ0n) is 11.7. The summed E-state index contributed by atoms with van der Waals surface area (Å²) in [5.74, 6) is 0. The van der Waals surface area contributed by atoms with E-state index in [1.165, 1.54) is 5.56 Å². The van der Waals surface area contributed by atoms with Gasteiger partial charge in [-0.2, -0.15) is 4.98 Å². The highest BCUT2D eigenvalue weighted by molar-refractivity contribution is 5.62. The topological polar surface area (TPSA) is 37.9 Å². The van der Waals surface area contributed by atoms with Crippen molar-refractivity contribution < 1.29 is 4.74 Å². The molecule has 0 fully saturated rings. The van der Waals surface area contributed by atoms with Crippen LogP contribution in [0.3, 0.4) is 0 Å². The molecule has 0 unspecified atom stereocenters. The molecule has 3 heteroatoms. The average Bonchev–Trinajstić information content (AvgIpc) is 2.70. The highest BCUT2D eigenvalue weighted by Gasteiger charge is 2.14. The van der Waals surface area contributed by atoms with Gasteiger partial charge in [-0.25, -0.2) is 0 Å². The largest absolute Gasteiger partial charge is 0.468 e. The van der Waals surface area contributed by atoms with Crippen LogP contribution >= 0.6 is 0 Å². The lowest BCUT2D eigenvalue weighted by atomic mass is 9.86. The Bertz CT molecular complexity index is 533. The van der Waals surface area contributed by atoms with Crippen molar-refractivity contribution in [3.63, 3.8) is 0 Å². The van der Waals surface area contributed by atoms with Crippen molar-refractivity contribution in [2.45, 2.75) is 33.1 Å². The summed E-state index contributed by atoms with van der Waals surface area (Å²) in [4.78, 5) is 7.52. The van der Waals surface area contributed by atoms with Crippen molar-refractivity contribution in [3.05, 3.63) is 35.5 Å². The number of rotatable bonds is 2. The third kappa shape index (κ3) is 2.40. The van der Waals surface area contributed by atoms with Crippen LogP contribution in [0, 0.1) is 6.92 Å². The highest BCUT2D eigenvalue weighted by atomic mass is 16.5. The molecule has 0 bridgehead atoms. The fourth-order valence-corrected chi connectivity index (χ4v) is 1.94. The average molecular weight is 244 g/mol. The summed E-state index contributed by atoms with van der Waals surface area (Å²) in [5.41, 5.74) is 4.59. The Morgan fingerprint density at radius 2 is 1.72 bits per heavy atom. The minimum absolute atomic E-state index is 0.177. The number of ether oxygens (including phenoxy) is 1. The highest BCUT2D eigenvalue weighted by Crippen LogP contribution is 2.27. The molecule has 0 saturated carbocycles. The van der Waals surface area contributed by atoms with Gasteiger partial charge in [-0.3, -0.25) is 0 Å². The molecular formula is C15H20N2O. The van der Waals surface area contributed by atoms with Gasteiger partial charge in [0.15, 0.2) is 0 Å². The van der Waals surface area contributed by atoms with Gasteiger partial charge in [0, 0.05) is 11.3 Å². The molecule has 1 aromatic heterocycles. The molecule has 0 atom stereocenters. The first kappa shape index (κ1) is 12.7. The van der Waals surface area contributed by atoms with Crippen molar-refractivity contribution in [1.29, 1.82) is 0 Å². The van der Waals surface area contributed by atoms with E-state index in [0.29, 0.717) is 6.01 Å². The number of aryl methyl sites for hydroxylation is 1. The lowest BCUT2D eigenvalue weighted by Crippen LogP contribution is -2.10. The van der Waals surface area contributed by atoms with Crippen LogP contribution < -0.4 is 4.74 Å². The SMILES string of the molecule is COc1nc(-c2ccc(C(C)(C)C)cc2)c(C)[nH]1. The quantitative estimate of drug-likeness (QED) is 0.874. The van der Waals surface area contributed by atoms with Gasteiger partial charge >= 0.3 is 0 Å². The van der Waals surface area contributed by atoms with Crippen LogP contribution in [-0.4, -0.2) is 17.1 Å². The van der Waals surface area contributed by atoms with Crippen LogP contribution in [-0.2, 0) is 5.41 Å². The Balaban J connectivity index is 2.37. The van der Waals surface area contributed by atoms with Crippen molar-refractivity contribution in [2.75, 3.05) is 7.11 Å². The van der Waals surface area contributed by atoms with Gasteiger partial charge in [0.05, 0.1) is 12.8 Å². The van der Waals surface area contributed by atoms with E-state index in [9.17, 15) is 0 Å². The third-order valence-corrected chi connectivity index (χ3v) is 3.08. The Hall–Kier alpha value is -1.77. The second-order valence-corrected chi connectivity index (χ2v) is 5.55. The Morgan fingerprint density at radius 3 is 2.17 bits per heavy atom. The van der Waals surface area contributed by atoms with Crippen LogP contribution in [0.25, 0.3) is 11.3 Å². The molecule has 0 radical (unpaired) electrons. The van der Waals surface area contributed by atoms with Crippen LogP contribution in [0.1, 0.15) is 32.0 Å². The predicted octanol–water partition coefficient (Wildman–Crippen LogP) is 3.69.